The molecule has 1 unspecified atom stereocenters. The average Bonchev–Trinajstić information content (AvgIpc) is 1.90. The van der Waals surface area contributed by atoms with Gasteiger partial charge in [0.1, 0.15) is 0 Å². The summed E-state index contributed by atoms with van der Waals surface area (Å²) in [6.45, 7) is 4.17. The molecule has 0 saturated heterocycles. The zero-order valence-electron chi connectivity index (χ0n) is 6.60. The molecule has 0 aliphatic heterocycles. The molecule has 0 bridgehead atoms. The maximum Gasteiger partial charge on any atom is 0.226 e. The Hall–Kier alpha value is -0.0800. The minimum Gasteiger partial charge on any atom is -0.348 e. The van der Waals surface area contributed by atoms with Gasteiger partial charge in [-0.15, -0.1) is 0 Å². The number of ether oxygens (including phenoxy) is 2. The zero-order chi connectivity index (χ0) is 7.28. The van der Waals surface area contributed by atoms with Crippen LogP contribution < -0.4 is 0 Å². The van der Waals surface area contributed by atoms with Crippen LogP contribution in [0.3, 0.4) is 0 Å². The van der Waals surface area contributed by atoms with Gasteiger partial charge in [0.05, 0.1) is 0 Å². The zero-order valence-corrected chi connectivity index (χ0v) is 6.60. The smallest absolute Gasteiger partial charge is 0.226 e. The van der Waals surface area contributed by atoms with E-state index < -0.39 is 0 Å². The fraction of sp³-hybridized carbons (Fsp3) is 0.857. The number of hydrogen-bond acceptors (Lipinski definition) is 2. The Labute approximate surface area is 57.2 Å². The largest absolute Gasteiger partial charge is 0.348 e. The standard InChI is InChI=1S/C7H15O2/c1-5-6(2)7(8-3)9-4/h6H,5H2,1-4H3. The van der Waals surface area contributed by atoms with Gasteiger partial charge in [0.2, 0.25) is 6.29 Å². The van der Waals surface area contributed by atoms with Crippen LogP contribution in [0.5, 0.6) is 0 Å². The van der Waals surface area contributed by atoms with Gasteiger partial charge in [-0.3, -0.25) is 0 Å². The summed E-state index contributed by atoms with van der Waals surface area (Å²) < 4.78 is 9.89. The second kappa shape index (κ2) is 4.77. The lowest BCUT2D eigenvalue weighted by Gasteiger charge is -2.16. The van der Waals surface area contributed by atoms with Gasteiger partial charge in [-0.25, -0.2) is 0 Å². The second-order valence-corrected chi connectivity index (χ2v) is 2.04. The number of methoxy groups -OCH3 is 2. The molecule has 0 aromatic heterocycles. The van der Waals surface area contributed by atoms with Gasteiger partial charge in [0.15, 0.2) is 0 Å². The fourth-order valence-corrected chi connectivity index (χ4v) is 0.652. The molecule has 0 rings (SSSR count). The molecule has 2 heteroatoms. The maximum atomic E-state index is 4.95. The lowest BCUT2D eigenvalue weighted by molar-refractivity contribution is -0.0288. The third-order valence-corrected chi connectivity index (χ3v) is 1.42. The van der Waals surface area contributed by atoms with Crippen molar-refractivity contribution >= 4 is 0 Å². The van der Waals surface area contributed by atoms with Crippen molar-refractivity contribution < 1.29 is 9.47 Å². The van der Waals surface area contributed by atoms with Crippen LogP contribution in [0.15, 0.2) is 0 Å². The van der Waals surface area contributed by atoms with Gasteiger partial charge >= 0.3 is 0 Å². The first-order valence-electron chi connectivity index (χ1n) is 3.21. The van der Waals surface area contributed by atoms with E-state index >= 15 is 0 Å². The molecule has 0 aromatic rings. The van der Waals surface area contributed by atoms with Crippen LogP contribution in [0, 0.1) is 12.2 Å². The molecule has 1 atom stereocenters. The van der Waals surface area contributed by atoms with Crippen molar-refractivity contribution in [3.8, 4) is 0 Å². The van der Waals surface area contributed by atoms with Gasteiger partial charge in [0.25, 0.3) is 0 Å². The van der Waals surface area contributed by atoms with Crippen LogP contribution in [0.4, 0.5) is 0 Å². The van der Waals surface area contributed by atoms with Gasteiger partial charge < -0.3 is 9.47 Å². The Morgan fingerprint density at radius 3 is 1.89 bits per heavy atom. The molecule has 0 aromatic carbocycles. The number of hydrogen-bond donors (Lipinski definition) is 0. The molecule has 9 heavy (non-hydrogen) atoms. The Kier molecular flexibility index (Phi) is 4.72. The highest BCUT2D eigenvalue weighted by Crippen LogP contribution is 2.17. The van der Waals surface area contributed by atoms with Gasteiger partial charge in [-0.2, -0.15) is 0 Å². The third kappa shape index (κ3) is 2.82. The van der Waals surface area contributed by atoms with Crippen LogP contribution in [-0.2, 0) is 9.47 Å². The summed E-state index contributed by atoms with van der Waals surface area (Å²) in [5, 5.41) is 0. The summed E-state index contributed by atoms with van der Waals surface area (Å²) in [4.78, 5) is 0. The normalized spacial score (nSPS) is 14.3. The summed E-state index contributed by atoms with van der Waals surface area (Å²) in [6, 6.07) is 0. The molecular formula is C7H15O2. The quantitative estimate of drug-likeness (QED) is 0.579. The molecular weight excluding hydrogens is 116 g/mol. The van der Waals surface area contributed by atoms with E-state index in [9.17, 15) is 0 Å². The molecule has 0 spiro atoms. The summed E-state index contributed by atoms with van der Waals surface area (Å²) in [5.41, 5.74) is 0. The number of rotatable bonds is 4. The van der Waals surface area contributed by atoms with Crippen molar-refractivity contribution in [3.05, 3.63) is 6.29 Å². The Morgan fingerprint density at radius 2 is 1.78 bits per heavy atom. The minimum absolute atomic E-state index is 0.403. The molecule has 0 N–H and O–H groups in total. The molecule has 0 aliphatic carbocycles. The van der Waals surface area contributed by atoms with Crippen molar-refractivity contribution in [2.75, 3.05) is 14.2 Å². The van der Waals surface area contributed by atoms with E-state index in [0.717, 1.165) is 12.7 Å². The summed E-state index contributed by atoms with van der Waals surface area (Å²) in [6.07, 6.45) is 1.77. The van der Waals surface area contributed by atoms with Crippen molar-refractivity contribution in [1.29, 1.82) is 0 Å². The molecule has 0 aliphatic rings. The van der Waals surface area contributed by atoms with E-state index in [1.807, 2.05) is 0 Å². The van der Waals surface area contributed by atoms with E-state index in [4.69, 9.17) is 9.47 Å². The lowest BCUT2D eigenvalue weighted by Crippen LogP contribution is -2.12. The van der Waals surface area contributed by atoms with E-state index in [1.165, 1.54) is 0 Å². The van der Waals surface area contributed by atoms with Crippen LogP contribution in [-0.4, -0.2) is 14.2 Å². The Balaban J connectivity index is 3.50. The summed E-state index contributed by atoms with van der Waals surface area (Å²) in [5.74, 6) is 0.403. The van der Waals surface area contributed by atoms with E-state index in [2.05, 4.69) is 13.8 Å². The van der Waals surface area contributed by atoms with E-state index in [1.54, 1.807) is 14.2 Å². The highest BCUT2D eigenvalue weighted by molar-refractivity contribution is 4.70. The lowest BCUT2D eigenvalue weighted by atomic mass is 10.1. The fourth-order valence-electron chi connectivity index (χ4n) is 0.652. The molecule has 55 valence electrons. The van der Waals surface area contributed by atoms with Gasteiger partial charge in [-0.05, 0) is 6.42 Å². The van der Waals surface area contributed by atoms with Gasteiger partial charge in [0, 0.05) is 20.1 Å². The second-order valence-electron chi connectivity index (χ2n) is 2.04. The average molecular weight is 131 g/mol. The van der Waals surface area contributed by atoms with Crippen molar-refractivity contribution in [2.45, 2.75) is 20.3 Å². The maximum absolute atomic E-state index is 4.95. The molecule has 0 saturated carbocycles. The Morgan fingerprint density at radius 1 is 1.33 bits per heavy atom. The van der Waals surface area contributed by atoms with E-state index in [0.29, 0.717) is 5.92 Å². The molecule has 0 fully saturated rings. The summed E-state index contributed by atoms with van der Waals surface area (Å²) in [7, 11) is 3.26. The summed E-state index contributed by atoms with van der Waals surface area (Å²) >= 11 is 0. The Bertz CT molecular complexity index is 59.9. The van der Waals surface area contributed by atoms with Crippen LogP contribution in [0.2, 0.25) is 0 Å². The van der Waals surface area contributed by atoms with Gasteiger partial charge in [-0.1, -0.05) is 13.8 Å². The van der Waals surface area contributed by atoms with Crippen LogP contribution in [0.1, 0.15) is 20.3 Å². The highest BCUT2D eigenvalue weighted by atomic mass is 16.7. The monoisotopic (exact) mass is 131 g/mol. The minimum atomic E-state index is 0.403. The molecule has 2 nitrogen and oxygen atoms in total. The van der Waals surface area contributed by atoms with Crippen LogP contribution in [0.25, 0.3) is 0 Å². The predicted octanol–water partition coefficient (Wildman–Crippen LogP) is 1.81. The first-order chi connectivity index (χ1) is 4.26. The van der Waals surface area contributed by atoms with Crippen molar-refractivity contribution in [1.82, 2.24) is 0 Å². The first kappa shape index (κ1) is 8.92. The van der Waals surface area contributed by atoms with Crippen LogP contribution >= 0.6 is 0 Å². The topological polar surface area (TPSA) is 18.5 Å². The van der Waals surface area contributed by atoms with Crippen molar-refractivity contribution in [2.24, 2.45) is 5.92 Å². The molecule has 1 radical (unpaired) electrons. The SMILES string of the molecule is CCC(C)[C](OC)OC. The highest BCUT2D eigenvalue weighted by Gasteiger charge is 2.14. The van der Waals surface area contributed by atoms with E-state index in [-0.39, 0.29) is 0 Å². The van der Waals surface area contributed by atoms with Crippen molar-refractivity contribution in [3.63, 3.8) is 0 Å². The molecule has 0 heterocycles. The third-order valence-electron chi connectivity index (χ3n) is 1.42. The predicted molar refractivity (Wildman–Crippen MR) is 36.7 cm³/mol. The first-order valence-corrected chi connectivity index (χ1v) is 3.21. The molecule has 0 amide bonds.